The van der Waals surface area contributed by atoms with Crippen molar-refractivity contribution in [3.05, 3.63) is 0 Å². The van der Waals surface area contributed by atoms with Gasteiger partial charge in [0.15, 0.2) is 0 Å². The van der Waals surface area contributed by atoms with Crippen LogP contribution in [0.3, 0.4) is 0 Å². The number of aliphatic hydroxyl groups excluding tert-OH is 1. The molecule has 18 heavy (non-hydrogen) atoms. The van der Waals surface area contributed by atoms with Crippen LogP contribution in [0.2, 0.25) is 0 Å². The molecule has 0 bridgehead atoms. The van der Waals surface area contributed by atoms with Crippen molar-refractivity contribution < 1.29 is 14.6 Å². The van der Waals surface area contributed by atoms with Gasteiger partial charge in [-0.1, -0.05) is 32.1 Å². The summed E-state index contributed by atoms with van der Waals surface area (Å²) in [4.78, 5) is 11.4. The Kier molecular flexibility index (Phi) is 8.49. The molecular formula is C15H26O3. The van der Waals surface area contributed by atoms with Crippen LogP contribution in [0.5, 0.6) is 0 Å². The summed E-state index contributed by atoms with van der Waals surface area (Å²) in [6.45, 7) is 7.57. The summed E-state index contributed by atoms with van der Waals surface area (Å²) < 4.78 is 5.10. The summed E-state index contributed by atoms with van der Waals surface area (Å²) in [5.74, 6) is 5.18. The van der Waals surface area contributed by atoms with E-state index in [9.17, 15) is 9.90 Å². The Morgan fingerprint density at radius 3 is 2.50 bits per heavy atom. The molecule has 0 aromatic rings. The molecule has 0 aliphatic rings. The third-order valence-electron chi connectivity index (χ3n) is 2.20. The molecule has 3 heteroatoms. The van der Waals surface area contributed by atoms with Crippen molar-refractivity contribution in [2.75, 3.05) is 0 Å². The normalized spacial score (nSPS) is 12.5. The van der Waals surface area contributed by atoms with E-state index in [-0.39, 0.29) is 6.42 Å². The molecule has 0 aliphatic carbocycles. The largest absolute Gasteiger partial charge is 0.460 e. The fourth-order valence-corrected chi connectivity index (χ4v) is 1.42. The van der Waals surface area contributed by atoms with Crippen LogP contribution in [0, 0.1) is 11.8 Å². The van der Waals surface area contributed by atoms with E-state index < -0.39 is 17.7 Å². The molecule has 0 spiro atoms. The number of carbonyl (C=O) groups excluding carboxylic acids is 1. The minimum absolute atomic E-state index is 0.0563. The van der Waals surface area contributed by atoms with Gasteiger partial charge < -0.3 is 9.84 Å². The lowest BCUT2D eigenvalue weighted by Crippen LogP contribution is -2.26. The number of carbonyl (C=O) groups is 1. The highest BCUT2D eigenvalue weighted by molar-refractivity contribution is 5.71. The Morgan fingerprint density at radius 2 is 1.94 bits per heavy atom. The number of esters is 1. The van der Waals surface area contributed by atoms with Gasteiger partial charge in [-0.05, 0) is 27.2 Å². The monoisotopic (exact) mass is 254 g/mol. The van der Waals surface area contributed by atoms with Crippen molar-refractivity contribution in [1.29, 1.82) is 0 Å². The second-order valence-corrected chi connectivity index (χ2v) is 5.44. The first kappa shape index (κ1) is 17.0. The maximum absolute atomic E-state index is 11.4. The molecule has 0 radical (unpaired) electrons. The molecule has 0 fully saturated rings. The molecule has 0 aromatic heterocycles. The minimum Gasteiger partial charge on any atom is -0.460 e. The highest BCUT2D eigenvalue weighted by Gasteiger charge is 2.18. The number of hydrogen-bond acceptors (Lipinski definition) is 3. The molecule has 1 atom stereocenters. The minimum atomic E-state index is -0.911. The predicted molar refractivity (Wildman–Crippen MR) is 73.0 cm³/mol. The van der Waals surface area contributed by atoms with E-state index in [2.05, 4.69) is 18.8 Å². The zero-order valence-corrected chi connectivity index (χ0v) is 12.1. The Balaban J connectivity index is 3.79. The third kappa shape index (κ3) is 11.5. The summed E-state index contributed by atoms with van der Waals surface area (Å²) >= 11 is 0. The number of hydrogen-bond donors (Lipinski definition) is 1. The molecule has 0 amide bonds. The van der Waals surface area contributed by atoms with Gasteiger partial charge >= 0.3 is 5.97 Å². The van der Waals surface area contributed by atoms with Crippen LogP contribution >= 0.6 is 0 Å². The SMILES string of the molecule is CCCCCCC#C[C@@H](O)CC(=O)OC(C)(C)C. The van der Waals surface area contributed by atoms with Crippen LogP contribution in [0.25, 0.3) is 0 Å². The Morgan fingerprint density at radius 1 is 1.28 bits per heavy atom. The molecule has 3 nitrogen and oxygen atoms in total. The molecule has 0 rings (SSSR count). The van der Waals surface area contributed by atoms with Gasteiger partial charge in [-0.25, -0.2) is 0 Å². The summed E-state index contributed by atoms with van der Waals surface area (Å²) in [7, 11) is 0. The van der Waals surface area contributed by atoms with E-state index in [0.717, 1.165) is 12.8 Å². The van der Waals surface area contributed by atoms with Gasteiger partial charge in [-0.2, -0.15) is 0 Å². The number of rotatable bonds is 6. The fraction of sp³-hybridized carbons (Fsp3) is 0.800. The van der Waals surface area contributed by atoms with Crippen LogP contribution in [0.1, 0.15) is 66.2 Å². The highest BCUT2D eigenvalue weighted by atomic mass is 16.6. The predicted octanol–water partition coefficient (Wildman–Crippen LogP) is 3.05. The van der Waals surface area contributed by atoms with Crippen LogP contribution in [-0.4, -0.2) is 22.8 Å². The molecule has 0 heterocycles. The van der Waals surface area contributed by atoms with E-state index in [0.29, 0.717) is 0 Å². The van der Waals surface area contributed by atoms with Crippen molar-refractivity contribution in [1.82, 2.24) is 0 Å². The van der Waals surface area contributed by atoms with Gasteiger partial charge in [-0.3, -0.25) is 4.79 Å². The number of aliphatic hydroxyl groups is 1. The van der Waals surface area contributed by atoms with Gasteiger partial charge in [0.05, 0.1) is 6.42 Å². The Hall–Kier alpha value is -1.01. The van der Waals surface area contributed by atoms with E-state index in [1.807, 2.05) is 0 Å². The van der Waals surface area contributed by atoms with Crippen molar-refractivity contribution in [3.63, 3.8) is 0 Å². The van der Waals surface area contributed by atoms with Crippen LogP contribution in [-0.2, 0) is 9.53 Å². The molecule has 1 N–H and O–H groups in total. The molecule has 0 aromatic carbocycles. The van der Waals surface area contributed by atoms with Crippen molar-refractivity contribution in [2.24, 2.45) is 0 Å². The molecule has 0 aliphatic heterocycles. The van der Waals surface area contributed by atoms with Gasteiger partial charge in [0.2, 0.25) is 0 Å². The molecule has 0 saturated carbocycles. The Bertz CT molecular complexity index is 291. The maximum Gasteiger partial charge on any atom is 0.309 e. The number of unbranched alkanes of at least 4 members (excludes halogenated alkanes) is 4. The van der Waals surface area contributed by atoms with Gasteiger partial charge in [0.1, 0.15) is 11.7 Å². The lowest BCUT2D eigenvalue weighted by Gasteiger charge is -2.19. The Labute approximate surface area is 111 Å². The lowest BCUT2D eigenvalue weighted by molar-refractivity contribution is -0.156. The standard InChI is InChI=1S/C15H26O3/c1-5-6-7-8-9-10-11-13(16)12-14(17)18-15(2,3)4/h13,16H,5-9,12H2,1-4H3/t13-/m1/s1. The van der Waals surface area contributed by atoms with E-state index in [1.165, 1.54) is 19.3 Å². The van der Waals surface area contributed by atoms with Gasteiger partial charge in [0.25, 0.3) is 0 Å². The second kappa shape index (κ2) is 8.99. The second-order valence-electron chi connectivity index (χ2n) is 5.44. The van der Waals surface area contributed by atoms with Crippen molar-refractivity contribution in [3.8, 4) is 11.8 Å². The first-order chi connectivity index (χ1) is 8.35. The van der Waals surface area contributed by atoms with Gasteiger partial charge in [0, 0.05) is 6.42 Å². The molecule has 0 unspecified atom stereocenters. The maximum atomic E-state index is 11.4. The molecule has 0 saturated heterocycles. The summed E-state index contributed by atoms with van der Waals surface area (Å²) in [6.07, 6.45) is 4.47. The molecule has 104 valence electrons. The summed E-state index contributed by atoms with van der Waals surface area (Å²) in [5.41, 5.74) is -0.510. The highest BCUT2D eigenvalue weighted by Crippen LogP contribution is 2.09. The van der Waals surface area contributed by atoms with E-state index in [4.69, 9.17) is 4.74 Å². The van der Waals surface area contributed by atoms with E-state index >= 15 is 0 Å². The first-order valence-corrected chi connectivity index (χ1v) is 6.73. The van der Waals surface area contributed by atoms with Crippen LogP contribution < -0.4 is 0 Å². The zero-order valence-electron chi connectivity index (χ0n) is 12.1. The lowest BCUT2D eigenvalue weighted by atomic mass is 10.1. The first-order valence-electron chi connectivity index (χ1n) is 6.73. The quantitative estimate of drug-likeness (QED) is 0.450. The smallest absolute Gasteiger partial charge is 0.309 e. The summed E-state index contributed by atoms with van der Waals surface area (Å²) in [5, 5.41) is 9.54. The topological polar surface area (TPSA) is 46.5 Å². The molecular weight excluding hydrogens is 228 g/mol. The summed E-state index contributed by atoms with van der Waals surface area (Å²) in [6, 6.07) is 0. The van der Waals surface area contributed by atoms with E-state index in [1.54, 1.807) is 20.8 Å². The van der Waals surface area contributed by atoms with Gasteiger partial charge in [-0.15, -0.1) is 5.92 Å². The van der Waals surface area contributed by atoms with Crippen molar-refractivity contribution >= 4 is 5.97 Å². The average molecular weight is 254 g/mol. The van der Waals surface area contributed by atoms with Crippen molar-refractivity contribution in [2.45, 2.75) is 77.9 Å². The fourth-order valence-electron chi connectivity index (χ4n) is 1.42. The zero-order chi connectivity index (χ0) is 14.0. The average Bonchev–Trinajstić information content (AvgIpc) is 2.20. The number of ether oxygens (including phenoxy) is 1. The van der Waals surface area contributed by atoms with Crippen LogP contribution in [0.15, 0.2) is 0 Å². The third-order valence-corrected chi connectivity index (χ3v) is 2.20. The van der Waals surface area contributed by atoms with Crippen LogP contribution in [0.4, 0.5) is 0 Å².